The van der Waals surface area contributed by atoms with Gasteiger partial charge in [0.2, 0.25) is 6.41 Å². The van der Waals surface area contributed by atoms with Crippen LogP contribution in [-0.4, -0.2) is 61.5 Å². The Hall–Kier alpha value is -3.35. The molecule has 0 saturated carbocycles. The van der Waals surface area contributed by atoms with Gasteiger partial charge in [0.05, 0.1) is 27.4 Å². The second kappa shape index (κ2) is 11.2. The molecule has 2 bridgehead atoms. The van der Waals surface area contributed by atoms with E-state index in [0.717, 1.165) is 70.1 Å². The Morgan fingerprint density at radius 2 is 1.92 bits per heavy atom. The van der Waals surface area contributed by atoms with Crippen molar-refractivity contribution in [2.45, 2.75) is 58.7 Å². The van der Waals surface area contributed by atoms with Gasteiger partial charge in [-0.05, 0) is 52.2 Å². The van der Waals surface area contributed by atoms with Gasteiger partial charge in [-0.1, -0.05) is 6.07 Å². The van der Waals surface area contributed by atoms with E-state index in [1.807, 2.05) is 44.0 Å². The van der Waals surface area contributed by atoms with Crippen molar-refractivity contribution >= 4 is 46.0 Å². The molecule has 2 aliphatic heterocycles. The molecule has 0 spiro atoms. The number of nitrogens with zero attached hydrogens (tertiary/aromatic N) is 6. The lowest BCUT2D eigenvalue weighted by atomic mass is 10.2. The number of carbonyl (C=O) groups is 1. The van der Waals surface area contributed by atoms with E-state index in [4.69, 9.17) is 4.42 Å². The molecule has 12 heteroatoms. The number of fused-ring (bicyclic) bond motifs is 2. The minimum absolute atomic E-state index is 0.267. The number of rotatable bonds is 6. The minimum Gasteiger partial charge on any atom is -0.432 e. The molecule has 6 rings (SSSR count). The van der Waals surface area contributed by atoms with Crippen molar-refractivity contribution in [2.24, 2.45) is 0 Å². The number of nitrogens with one attached hydrogen (secondary N) is 1. The summed E-state index contributed by atoms with van der Waals surface area (Å²) < 4.78 is 5.41. The molecule has 38 heavy (non-hydrogen) atoms. The zero-order valence-corrected chi connectivity index (χ0v) is 23.4. The molecule has 0 aromatic carbocycles. The Bertz CT molecular complexity index is 1370. The predicted molar refractivity (Wildman–Crippen MR) is 149 cm³/mol. The van der Waals surface area contributed by atoms with Gasteiger partial charge in [-0.2, -0.15) is 4.98 Å². The Kier molecular flexibility index (Phi) is 7.73. The van der Waals surface area contributed by atoms with Crippen molar-refractivity contribution in [3.05, 3.63) is 51.9 Å². The van der Waals surface area contributed by atoms with Crippen molar-refractivity contribution in [1.29, 1.82) is 0 Å². The van der Waals surface area contributed by atoms with E-state index >= 15 is 0 Å². The second-order valence-corrected chi connectivity index (χ2v) is 11.7. The highest BCUT2D eigenvalue weighted by Crippen LogP contribution is 2.33. The number of thiazole rings is 2. The highest BCUT2D eigenvalue weighted by molar-refractivity contribution is 7.16. The molecular formula is C26H31N7O3S2. The highest BCUT2D eigenvalue weighted by atomic mass is 32.1. The van der Waals surface area contributed by atoms with Crippen molar-refractivity contribution in [3.63, 3.8) is 0 Å². The zero-order valence-electron chi connectivity index (χ0n) is 21.8. The first-order chi connectivity index (χ1) is 18.3. The maximum absolute atomic E-state index is 11.0. The first-order valence-electron chi connectivity index (χ1n) is 12.5. The number of hydrogen-bond donors (Lipinski definition) is 2. The predicted octanol–water partition coefficient (Wildman–Crippen LogP) is 4.87. The van der Waals surface area contributed by atoms with E-state index in [1.165, 1.54) is 6.26 Å². The summed E-state index contributed by atoms with van der Waals surface area (Å²) in [4.78, 5) is 33.8. The van der Waals surface area contributed by atoms with Crippen LogP contribution in [0.25, 0.3) is 10.6 Å². The molecule has 4 aromatic heterocycles. The van der Waals surface area contributed by atoms with Crippen LogP contribution < -0.4 is 10.2 Å². The molecule has 2 saturated heterocycles. The summed E-state index contributed by atoms with van der Waals surface area (Å²) >= 11 is 3.26. The number of pyridine rings is 1. The van der Waals surface area contributed by atoms with E-state index in [9.17, 15) is 9.90 Å². The summed E-state index contributed by atoms with van der Waals surface area (Å²) in [6, 6.07) is 5.07. The van der Waals surface area contributed by atoms with Gasteiger partial charge in [0.25, 0.3) is 6.01 Å². The monoisotopic (exact) mass is 553 g/mol. The van der Waals surface area contributed by atoms with Gasteiger partial charge >= 0.3 is 0 Å². The minimum atomic E-state index is -0.615. The summed E-state index contributed by atoms with van der Waals surface area (Å²) in [5.41, 5.74) is 3.71. The molecule has 0 radical (unpaired) electrons. The number of hydrogen-bond acceptors (Lipinski definition) is 11. The van der Waals surface area contributed by atoms with Crippen molar-refractivity contribution in [1.82, 2.24) is 24.8 Å². The fourth-order valence-electron chi connectivity index (χ4n) is 4.73. The first-order valence-corrected chi connectivity index (χ1v) is 14.2. The lowest BCUT2D eigenvalue weighted by Gasteiger charge is -2.38. The maximum atomic E-state index is 11.0. The fraction of sp³-hybridized carbons (Fsp3) is 0.423. The summed E-state index contributed by atoms with van der Waals surface area (Å²) in [7, 11) is 0. The van der Waals surface area contributed by atoms with Gasteiger partial charge in [-0.25, -0.2) is 15.0 Å². The number of carbonyl (C=O) groups excluding carboxylic acids is 1. The van der Waals surface area contributed by atoms with Gasteiger partial charge in [-0.3, -0.25) is 4.79 Å². The Morgan fingerprint density at radius 1 is 1.16 bits per heavy atom. The molecule has 1 amide bonds. The van der Waals surface area contributed by atoms with E-state index in [2.05, 4.69) is 35.5 Å². The first kappa shape index (κ1) is 26.3. The Labute approximate surface area is 229 Å². The third-order valence-electron chi connectivity index (χ3n) is 6.66. The van der Waals surface area contributed by atoms with Crippen molar-refractivity contribution < 1.29 is 14.3 Å². The van der Waals surface area contributed by atoms with Gasteiger partial charge in [-0.15, -0.1) is 22.7 Å². The second-order valence-electron chi connectivity index (χ2n) is 9.60. The molecule has 3 atom stereocenters. The van der Waals surface area contributed by atoms with Gasteiger partial charge in [0, 0.05) is 36.8 Å². The molecule has 1 unspecified atom stereocenters. The number of anilines is 3. The summed E-state index contributed by atoms with van der Waals surface area (Å²) in [5.74, 6) is 0.814. The lowest BCUT2D eigenvalue weighted by Crippen LogP contribution is -2.53. The van der Waals surface area contributed by atoms with Crippen molar-refractivity contribution in [2.75, 3.05) is 23.3 Å². The van der Waals surface area contributed by atoms with Crippen LogP contribution in [0.15, 0.2) is 34.4 Å². The van der Waals surface area contributed by atoms with Gasteiger partial charge < -0.3 is 24.6 Å². The number of aromatic nitrogens is 4. The van der Waals surface area contributed by atoms with Crippen LogP contribution in [0, 0.1) is 20.8 Å². The van der Waals surface area contributed by atoms with Crippen LogP contribution in [-0.2, 0) is 4.79 Å². The van der Waals surface area contributed by atoms with E-state index in [0.29, 0.717) is 11.7 Å². The smallest absolute Gasteiger partial charge is 0.297 e. The molecule has 2 N–H and O–H groups in total. The molecular weight excluding hydrogens is 522 g/mol. The van der Waals surface area contributed by atoms with Crippen LogP contribution in [0.1, 0.15) is 47.8 Å². The number of aliphatic hydroxyl groups is 1. The lowest BCUT2D eigenvalue weighted by molar-refractivity contribution is -0.121. The molecule has 0 aliphatic carbocycles. The average Bonchev–Trinajstić information content (AvgIpc) is 3.67. The molecule has 6 heterocycles. The number of oxazole rings is 1. The van der Waals surface area contributed by atoms with Crippen LogP contribution in [0.5, 0.6) is 0 Å². The summed E-state index contributed by atoms with van der Waals surface area (Å²) in [5, 5.41) is 16.6. The number of aryl methyl sites for hydroxylation is 3. The van der Waals surface area contributed by atoms with Crippen LogP contribution >= 0.6 is 22.7 Å². The average molecular weight is 554 g/mol. The van der Waals surface area contributed by atoms with Gasteiger partial charge in [0.1, 0.15) is 17.8 Å². The van der Waals surface area contributed by atoms with E-state index < -0.39 is 6.10 Å². The Balaban J connectivity index is 0.000000156. The maximum Gasteiger partial charge on any atom is 0.297 e. The summed E-state index contributed by atoms with van der Waals surface area (Å²) in [6.07, 6.45) is 5.77. The number of amides is 1. The zero-order chi connectivity index (χ0) is 26.8. The molecule has 2 fully saturated rings. The standard InChI is InChI=1S/C14H14N4S2.C12H17N3O3/c1-8-4-5-12(15-6-8)18-14-17-11(7-19-14)13-9(2)16-10(3)20-13;1-8(17)11-6-18-12(13-11)14-4-9-2-3-10(5-14)15(9)7-16/h4-7H,1-3H3,(H,15,17,18);6-10,17H,2-5H2,1H3/t;8?,9-,10+. The molecule has 10 nitrogen and oxygen atoms in total. The molecule has 2 aliphatic rings. The number of piperazine rings is 1. The van der Waals surface area contributed by atoms with Crippen LogP contribution in [0.2, 0.25) is 0 Å². The van der Waals surface area contributed by atoms with Gasteiger partial charge in [0.15, 0.2) is 5.13 Å². The van der Waals surface area contributed by atoms with E-state index in [-0.39, 0.29) is 12.1 Å². The topological polar surface area (TPSA) is 121 Å². The van der Waals surface area contributed by atoms with E-state index in [1.54, 1.807) is 29.6 Å². The molecule has 4 aromatic rings. The molecule has 200 valence electrons. The normalized spacial score (nSPS) is 19.2. The third kappa shape index (κ3) is 5.71. The largest absolute Gasteiger partial charge is 0.432 e. The number of aliphatic hydroxyl groups excluding tert-OH is 1. The van der Waals surface area contributed by atoms with Crippen molar-refractivity contribution in [3.8, 4) is 10.6 Å². The third-order valence-corrected chi connectivity index (χ3v) is 8.51. The Morgan fingerprint density at radius 3 is 2.50 bits per heavy atom. The van der Waals surface area contributed by atoms with Crippen LogP contribution in [0.4, 0.5) is 17.0 Å². The van der Waals surface area contributed by atoms with Crippen LogP contribution in [0.3, 0.4) is 0 Å². The SMILES string of the molecule is CC(O)c1coc(N2C[C@H]3CC[C@@H](C2)N3C=O)n1.Cc1ccc(Nc2nc(-c3sc(C)nc3C)cs2)nc1. The fourth-order valence-corrected chi connectivity index (χ4v) is 6.40. The highest BCUT2D eigenvalue weighted by Gasteiger charge is 2.40. The quantitative estimate of drug-likeness (QED) is 0.322. The summed E-state index contributed by atoms with van der Waals surface area (Å²) in [6.45, 7) is 9.24.